The Bertz CT molecular complexity index is 449. The van der Waals surface area contributed by atoms with Gasteiger partial charge in [-0.3, -0.25) is 9.69 Å². The number of hydrogen-bond acceptors (Lipinski definition) is 6. The van der Waals surface area contributed by atoms with Gasteiger partial charge in [0.25, 0.3) is 0 Å². The first-order chi connectivity index (χ1) is 9.65. The minimum absolute atomic E-state index is 0.135. The van der Waals surface area contributed by atoms with Crippen molar-refractivity contribution in [2.75, 3.05) is 19.8 Å². The number of hydrogen-bond donors (Lipinski definition) is 1. The molecule has 2 heterocycles. The number of aromatic nitrogens is 2. The summed E-state index contributed by atoms with van der Waals surface area (Å²) in [5.41, 5.74) is 0. The van der Waals surface area contributed by atoms with Gasteiger partial charge in [-0.15, -0.1) is 10.2 Å². The molecule has 0 radical (unpaired) electrons. The molecule has 1 fully saturated rings. The molecule has 1 aliphatic rings. The summed E-state index contributed by atoms with van der Waals surface area (Å²) in [6.45, 7) is 5.96. The standard InChI is InChI=1S/C13H21N3O4/c1-3-5-16(6-12-15-14-11(4-2)20-12)10-8-19-7-9(10)13(17)18/h9-10H,3-8H2,1-2H3,(H,17,18). The number of nitrogens with zero attached hydrogens (tertiary/aromatic N) is 3. The zero-order valence-electron chi connectivity index (χ0n) is 11.9. The second kappa shape index (κ2) is 6.81. The summed E-state index contributed by atoms with van der Waals surface area (Å²) in [5, 5.41) is 17.2. The number of carboxylic acid groups (broad SMARTS) is 1. The number of carboxylic acids is 1. The predicted octanol–water partition coefficient (Wildman–Crippen LogP) is 0.944. The average molecular weight is 283 g/mol. The van der Waals surface area contributed by atoms with Crippen molar-refractivity contribution < 1.29 is 19.1 Å². The fourth-order valence-corrected chi connectivity index (χ4v) is 2.46. The Hall–Kier alpha value is -1.47. The fraction of sp³-hybridized carbons (Fsp3) is 0.769. The first-order valence-corrected chi connectivity index (χ1v) is 7.01. The van der Waals surface area contributed by atoms with E-state index in [1.807, 2.05) is 6.92 Å². The highest BCUT2D eigenvalue weighted by Crippen LogP contribution is 2.22. The van der Waals surface area contributed by atoms with Crippen molar-refractivity contribution in [3.05, 3.63) is 11.8 Å². The summed E-state index contributed by atoms with van der Waals surface area (Å²) in [7, 11) is 0. The van der Waals surface area contributed by atoms with E-state index in [4.69, 9.17) is 9.15 Å². The molecule has 1 aliphatic heterocycles. The molecule has 0 saturated carbocycles. The van der Waals surface area contributed by atoms with Gasteiger partial charge in [-0.2, -0.15) is 0 Å². The maximum absolute atomic E-state index is 11.3. The number of carbonyl (C=O) groups is 1. The Morgan fingerprint density at radius 1 is 1.35 bits per heavy atom. The molecule has 2 rings (SSSR count). The van der Waals surface area contributed by atoms with Crippen molar-refractivity contribution in [2.24, 2.45) is 5.92 Å². The van der Waals surface area contributed by atoms with Gasteiger partial charge in [0.15, 0.2) is 0 Å². The van der Waals surface area contributed by atoms with Crippen LogP contribution in [0, 0.1) is 5.92 Å². The summed E-state index contributed by atoms with van der Waals surface area (Å²) in [6.07, 6.45) is 1.63. The van der Waals surface area contributed by atoms with Crippen LogP contribution in [0.25, 0.3) is 0 Å². The van der Waals surface area contributed by atoms with Crippen LogP contribution < -0.4 is 0 Å². The van der Waals surface area contributed by atoms with Crippen LogP contribution >= 0.6 is 0 Å². The quantitative estimate of drug-likeness (QED) is 0.796. The Morgan fingerprint density at radius 2 is 2.10 bits per heavy atom. The van der Waals surface area contributed by atoms with Crippen molar-refractivity contribution in [2.45, 2.75) is 39.3 Å². The third-order valence-corrected chi connectivity index (χ3v) is 3.50. The lowest BCUT2D eigenvalue weighted by Gasteiger charge is -2.28. The van der Waals surface area contributed by atoms with Crippen molar-refractivity contribution in [3.8, 4) is 0 Å². The van der Waals surface area contributed by atoms with E-state index in [1.165, 1.54) is 0 Å². The van der Waals surface area contributed by atoms with E-state index < -0.39 is 11.9 Å². The number of aryl methyl sites for hydroxylation is 1. The minimum atomic E-state index is -0.812. The van der Waals surface area contributed by atoms with Gasteiger partial charge in [-0.05, 0) is 13.0 Å². The number of aliphatic carboxylic acids is 1. The summed E-state index contributed by atoms with van der Waals surface area (Å²) in [4.78, 5) is 13.3. The smallest absolute Gasteiger partial charge is 0.310 e. The van der Waals surface area contributed by atoms with Crippen LogP contribution in [-0.4, -0.2) is 52.0 Å². The zero-order valence-corrected chi connectivity index (χ0v) is 11.9. The van der Waals surface area contributed by atoms with Gasteiger partial charge in [-0.25, -0.2) is 0 Å². The highest BCUT2D eigenvalue weighted by Gasteiger charge is 2.38. The molecule has 0 amide bonds. The van der Waals surface area contributed by atoms with Gasteiger partial charge in [0.1, 0.15) is 0 Å². The summed E-state index contributed by atoms with van der Waals surface area (Å²) in [5.74, 6) is -0.163. The highest BCUT2D eigenvalue weighted by molar-refractivity contribution is 5.71. The topological polar surface area (TPSA) is 88.7 Å². The van der Waals surface area contributed by atoms with Crippen LogP contribution in [0.15, 0.2) is 4.42 Å². The van der Waals surface area contributed by atoms with Crippen LogP contribution in [0.3, 0.4) is 0 Å². The SMILES string of the molecule is CCCN(Cc1nnc(CC)o1)C1COCC1C(=O)O. The molecular weight excluding hydrogens is 262 g/mol. The lowest BCUT2D eigenvalue weighted by Crippen LogP contribution is -2.43. The highest BCUT2D eigenvalue weighted by atomic mass is 16.5. The van der Waals surface area contributed by atoms with E-state index in [0.717, 1.165) is 13.0 Å². The second-order valence-electron chi connectivity index (χ2n) is 4.96. The van der Waals surface area contributed by atoms with E-state index in [2.05, 4.69) is 22.0 Å². The molecule has 112 valence electrons. The summed E-state index contributed by atoms with van der Waals surface area (Å²) < 4.78 is 10.8. The molecule has 1 N–H and O–H groups in total. The Kier molecular flexibility index (Phi) is 5.08. The predicted molar refractivity (Wildman–Crippen MR) is 70.1 cm³/mol. The number of rotatable bonds is 7. The van der Waals surface area contributed by atoms with Gasteiger partial charge in [0, 0.05) is 12.5 Å². The number of ether oxygens (including phenoxy) is 1. The van der Waals surface area contributed by atoms with Gasteiger partial charge in [0.05, 0.1) is 25.7 Å². The third kappa shape index (κ3) is 3.34. The zero-order chi connectivity index (χ0) is 14.5. The van der Waals surface area contributed by atoms with Crippen LogP contribution in [0.4, 0.5) is 0 Å². The van der Waals surface area contributed by atoms with Crippen LogP contribution in [-0.2, 0) is 22.5 Å². The van der Waals surface area contributed by atoms with Crippen molar-refractivity contribution in [1.29, 1.82) is 0 Å². The maximum Gasteiger partial charge on any atom is 0.310 e. The van der Waals surface area contributed by atoms with Crippen molar-refractivity contribution in [3.63, 3.8) is 0 Å². The lowest BCUT2D eigenvalue weighted by molar-refractivity contribution is -0.143. The first-order valence-electron chi connectivity index (χ1n) is 7.01. The second-order valence-corrected chi connectivity index (χ2v) is 4.96. The molecule has 7 heteroatoms. The molecule has 7 nitrogen and oxygen atoms in total. The molecule has 2 atom stereocenters. The molecule has 1 aromatic heterocycles. The molecular formula is C13H21N3O4. The fourth-order valence-electron chi connectivity index (χ4n) is 2.46. The van der Waals surface area contributed by atoms with E-state index in [9.17, 15) is 9.90 Å². The van der Waals surface area contributed by atoms with Crippen molar-refractivity contribution in [1.82, 2.24) is 15.1 Å². The summed E-state index contributed by atoms with van der Waals surface area (Å²) >= 11 is 0. The van der Waals surface area contributed by atoms with Crippen LogP contribution in [0.2, 0.25) is 0 Å². The maximum atomic E-state index is 11.3. The molecule has 0 aromatic carbocycles. The van der Waals surface area contributed by atoms with Crippen LogP contribution in [0.1, 0.15) is 32.0 Å². The van der Waals surface area contributed by atoms with E-state index in [1.54, 1.807) is 0 Å². The first kappa shape index (κ1) is 14.9. The lowest BCUT2D eigenvalue weighted by atomic mass is 10.0. The van der Waals surface area contributed by atoms with Gasteiger partial charge in [0.2, 0.25) is 11.8 Å². The summed E-state index contributed by atoms with van der Waals surface area (Å²) in [6, 6.07) is -0.135. The van der Waals surface area contributed by atoms with Crippen LogP contribution in [0.5, 0.6) is 0 Å². The average Bonchev–Trinajstić information content (AvgIpc) is 3.06. The molecule has 1 aromatic rings. The van der Waals surface area contributed by atoms with E-state index >= 15 is 0 Å². The minimum Gasteiger partial charge on any atom is -0.481 e. The van der Waals surface area contributed by atoms with E-state index in [-0.39, 0.29) is 12.6 Å². The van der Waals surface area contributed by atoms with Crippen molar-refractivity contribution >= 4 is 5.97 Å². The molecule has 20 heavy (non-hydrogen) atoms. The van der Waals surface area contributed by atoms with Gasteiger partial charge in [-0.1, -0.05) is 13.8 Å². The Labute approximate surface area is 117 Å². The molecule has 0 spiro atoms. The molecule has 0 aliphatic carbocycles. The molecule has 0 bridgehead atoms. The van der Waals surface area contributed by atoms with Gasteiger partial charge < -0.3 is 14.3 Å². The monoisotopic (exact) mass is 283 g/mol. The van der Waals surface area contributed by atoms with E-state index in [0.29, 0.717) is 31.4 Å². The largest absolute Gasteiger partial charge is 0.481 e. The Morgan fingerprint density at radius 3 is 2.70 bits per heavy atom. The van der Waals surface area contributed by atoms with Gasteiger partial charge >= 0.3 is 5.97 Å². The Balaban J connectivity index is 2.07. The normalized spacial score (nSPS) is 22.6. The molecule has 2 unspecified atom stereocenters. The third-order valence-electron chi connectivity index (χ3n) is 3.50. The molecule has 1 saturated heterocycles.